The van der Waals surface area contributed by atoms with E-state index in [-0.39, 0.29) is 23.1 Å². The number of carbonyl (C=O) groups excluding carboxylic acids is 2. The van der Waals surface area contributed by atoms with Gasteiger partial charge in [-0.2, -0.15) is 5.26 Å². The molecule has 0 bridgehead atoms. The Morgan fingerprint density at radius 2 is 1.89 bits per heavy atom. The summed E-state index contributed by atoms with van der Waals surface area (Å²) in [6, 6.07) is 12.5. The number of nitrogens with zero attached hydrogens (tertiary/aromatic N) is 1. The number of nitriles is 1. The van der Waals surface area contributed by atoms with Crippen molar-refractivity contribution in [3.8, 4) is 6.07 Å². The molecule has 27 heavy (non-hydrogen) atoms. The fraction of sp³-hybridized carbons (Fsp3) is 0.250. The van der Waals surface area contributed by atoms with Crippen LogP contribution in [0.1, 0.15) is 35.3 Å². The van der Waals surface area contributed by atoms with E-state index in [2.05, 4.69) is 5.32 Å². The Bertz CT molecular complexity index is 891. The summed E-state index contributed by atoms with van der Waals surface area (Å²) in [4.78, 5) is 25.0. The summed E-state index contributed by atoms with van der Waals surface area (Å²) in [6.07, 6.45) is 0. The van der Waals surface area contributed by atoms with Crippen molar-refractivity contribution in [3.05, 3.63) is 69.2 Å². The molecule has 0 saturated carbocycles. The van der Waals surface area contributed by atoms with Gasteiger partial charge in [0.25, 0.3) is 5.91 Å². The molecule has 2 aromatic carbocycles. The third-order valence-corrected chi connectivity index (χ3v) is 4.44. The summed E-state index contributed by atoms with van der Waals surface area (Å²) in [5, 5.41) is 12.4. The van der Waals surface area contributed by atoms with Crippen LogP contribution in [0.3, 0.4) is 0 Å². The average Bonchev–Trinajstić information content (AvgIpc) is 2.63. The molecule has 2 aromatic rings. The van der Waals surface area contributed by atoms with Crippen molar-refractivity contribution in [2.24, 2.45) is 5.92 Å². The Labute approximate surface area is 167 Å². The standard InChI is InChI=1S/C20H18Cl2N2O3/c1-12(2)18(24-19(25)16-8-7-15(21)9-17(16)22)20(26)27-11-14-6-4-3-5-13(14)10-23/h3-9,12,18H,11H2,1-2H3,(H,24,25)/t18-/m0/s1. The van der Waals surface area contributed by atoms with Crippen molar-refractivity contribution in [2.45, 2.75) is 26.5 Å². The van der Waals surface area contributed by atoms with Crippen LogP contribution in [0.5, 0.6) is 0 Å². The van der Waals surface area contributed by atoms with Crippen LogP contribution in [0.2, 0.25) is 10.0 Å². The van der Waals surface area contributed by atoms with E-state index in [0.29, 0.717) is 16.1 Å². The van der Waals surface area contributed by atoms with Crippen LogP contribution in [0.25, 0.3) is 0 Å². The highest BCUT2D eigenvalue weighted by atomic mass is 35.5. The Balaban J connectivity index is 2.09. The van der Waals surface area contributed by atoms with E-state index in [1.54, 1.807) is 44.2 Å². The van der Waals surface area contributed by atoms with E-state index in [1.165, 1.54) is 12.1 Å². The molecule has 0 saturated heterocycles. The molecule has 5 nitrogen and oxygen atoms in total. The second kappa shape index (κ2) is 9.40. The van der Waals surface area contributed by atoms with Crippen molar-refractivity contribution in [3.63, 3.8) is 0 Å². The second-order valence-corrected chi connectivity index (χ2v) is 7.04. The molecular weight excluding hydrogens is 387 g/mol. The number of halogens is 2. The van der Waals surface area contributed by atoms with Crippen LogP contribution in [-0.2, 0) is 16.1 Å². The van der Waals surface area contributed by atoms with E-state index in [0.717, 1.165) is 0 Å². The lowest BCUT2D eigenvalue weighted by molar-refractivity contribution is -0.148. The third-order valence-electron chi connectivity index (χ3n) is 3.89. The SMILES string of the molecule is CC(C)[C@H](NC(=O)c1ccc(Cl)cc1Cl)C(=O)OCc1ccccc1C#N. The molecule has 0 radical (unpaired) electrons. The number of nitrogens with one attached hydrogen (secondary N) is 1. The number of hydrogen-bond donors (Lipinski definition) is 1. The Morgan fingerprint density at radius 3 is 2.52 bits per heavy atom. The van der Waals surface area contributed by atoms with Crippen molar-refractivity contribution < 1.29 is 14.3 Å². The minimum atomic E-state index is -0.863. The molecule has 0 heterocycles. The van der Waals surface area contributed by atoms with Crippen LogP contribution in [0, 0.1) is 17.2 Å². The molecule has 1 atom stereocenters. The second-order valence-electron chi connectivity index (χ2n) is 6.20. The van der Waals surface area contributed by atoms with Gasteiger partial charge in [-0.05, 0) is 30.2 Å². The quantitative estimate of drug-likeness (QED) is 0.725. The minimum Gasteiger partial charge on any atom is -0.459 e. The first-order valence-corrected chi connectivity index (χ1v) is 8.99. The van der Waals surface area contributed by atoms with Gasteiger partial charge in [-0.25, -0.2) is 4.79 Å². The van der Waals surface area contributed by atoms with Crippen LogP contribution in [-0.4, -0.2) is 17.9 Å². The predicted octanol–water partition coefficient (Wildman–Crippen LogP) is 4.36. The van der Waals surface area contributed by atoms with Crippen molar-refractivity contribution >= 4 is 35.1 Å². The fourth-order valence-electron chi connectivity index (χ4n) is 2.38. The third kappa shape index (κ3) is 5.46. The molecule has 0 fully saturated rings. The number of benzene rings is 2. The highest BCUT2D eigenvalue weighted by Crippen LogP contribution is 2.21. The van der Waals surface area contributed by atoms with E-state index >= 15 is 0 Å². The molecule has 2 rings (SSSR count). The largest absolute Gasteiger partial charge is 0.459 e. The Morgan fingerprint density at radius 1 is 1.19 bits per heavy atom. The zero-order chi connectivity index (χ0) is 20.0. The molecule has 0 unspecified atom stereocenters. The smallest absolute Gasteiger partial charge is 0.329 e. The van der Waals surface area contributed by atoms with Gasteiger partial charge in [-0.15, -0.1) is 0 Å². The van der Waals surface area contributed by atoms with Gasteiger partial charge >= 0.3 is 5.97 Å². The maximum absolute atomic E-state index is 12.5. The molecule has 0 aliphatic rings. The highest BCUT2D eigenvalue weighted by molar-refractivity contribution is 6.36. The number of hydrogen-bond acceptors (Lipinski definition) is 4. The van der Waals surface area contributed by atoms with Crippen molar-refractivity contribution in [1.29, 1.82) is 5.26 Å². The summed E-state index contributed by atoms with van der Waals surface area (Å²) in [5.74, 6) is -1.29. The monoisotopic (exact) mass is 404 g/mol. The van der Waals surface area contributed by atoms with Crippen molar-refractivity contribution in [1.82, 2.24) is 5.32 Å². The highest BCUT2D eigenvalue weighted by Gasteiger charge is 2.27. The maximum atomic E-state index is 12.5. The molecule has 0 aliphatic heterocycles. The number of carbonyl (C=O) groups is 2. The zero-order valence-electron chi connectivity index (χ0n) is 14.8. The van der Waals surface area contributed by atoms with Gasteiger partial charge in [0, 0.05) is 10.6 Å². The summed E-state index contributed by atoms with van der Waals surface area (Å²) in [7, 11) is 0. The first-order valence-electron chi connectivity index (χ1n) is 8.24. The predicted molar refractivity (Wildman–Crippen MR) is 104 cm³/mol. The topological polar surface area (TPSA) is 79.2 Å². The molecule has 1 amide bonds. The van der Waals surface area contributed by atoms with Gasteiger partial charge < -0.3 is 10.1 Å². The lowest BCUT2D eigenvalue weighted by atomic mass is 10.0. The van der Waals surface area contributed by atoms with Crippen LogP contribution in [0.4, 0.5) is 0 Å². The lowest BCUT2D eigenvalue weighted by Gasteiger charge is -2.21. The van der Waals surface area contributed by atoms with Gasteiger partial charge in [0.15, 0.2) is 0 Å². The van der Waals surface area contributed by atoms with Gasteiger partial charge in [-0.3, -0.25) is 4.79 Å². The summed E-state index contributed by atoms with van der Waals surface area (Å²) in [6.45, 7) is 3.53. The number of esters is 1. The number of ether oxygens (including phenoxy) is 1. The first-order chi connectivity index (χ1) is 12.8. The van der Waals surface area contributed by atoms with Crippen molar-refractivity contribution in [2.75, 3.05) is 0 Å². The molecule has 1 N–H and O–H groups in total. The molecular formula is C20H18Cl2N2O3. The van der Waals surface area contributed by atoms with E-state index in [1.807, 2.05) is 6.07 Å². The summed E-state index contributed by atoms with van der Waals surface area (Å²) >= 11 is 11.9. The van der Waals surface area contributed by atoms with Crippen LogP contribution in [0.15, 0.2) is 42.5 Å². The molecule has 0 spiro atoms. The Kier molecular flexibility index (Phi) is 7.23. The van der Waals surface area contributed by atoms with E-state index in [9.17, 15) is 9.59 Å². The van der Waals surface area contributed by atoms with Gasteiger partial charge in [0.1, 0.15) is 12.6 Å². The fourth-order valence-corrected chi connectivity index (χ4v) is 2.88. The van der Waals surface area contributed by atoms with E-state index in [4.69, 9.17) is 33.2 Å². The Hall–Kier alpha value is -2.55. The van der Waals surface area contributed by atoms with E-state index < -0.39 is 17.9 Å². The maximum Gasteiger partial charge on any atom is 0.329 e. The molecule has 0 aliphatic carbocycles. The molecule has 7 heteroatoms. The number of amides is 1. The molecule has 140 valence electrons. The van der Waals surface area contributed by atoms with Gasteiger partial charge in [-0.1, -0.05) is 55.2 Å². The van der Waals surface area contributed by atoms with Gasteiger partial charge in [0.05, 0.1) is 22.2 Å². The summed E-state index contributed by atoms with van der Waals surface area (Å²) in [5.41, 5.74) is 1.25. The first kappa shape index (κ1) is 20.8. The summed E-state index contributed by atoms with van der Waals surface area (Å²) < 4.78 is 5.32. The normalized spacial score (nSPS) is 11.6. The van der Waals surface area contributed by atoms with Gasteiger partial charge in [0.2, 0.25) is 0 Å². The zero-order valence-corrected chi connectivity index (χ0v) is 16.3. The van der Waals surface area contributed by atoms with Crippen LogP contribution >= 0.6 is 23.2 Å². The lowest BCUT2D eigenvalue weighted by Crippen LogP contribution is -2.45. The number of rotatable bonds is 6. The minimum absolute atomic E-state index is 0.0522. The molecule has 0 aromatic heterocycles. The average molecular weight is 405 g/mol. The van der Waals surface area contributed by atoms with Crippen LogP contribution < -0.4 is 5.32 Å².